The summed E-state index contributed by atoms with van der Waals surface area (Å²) in [5.41, 5.74) is 10.1. The van der Waals surface area contributed by atoms with Crippen LogP contribution in [0.1, 0.15) is 5.82 Å². The second-order valence-corrected chi connectivity index (χ2v) is 8.93. The smallest absolute Gasteiger partial charge is 0.153 e. The lowest BCUT2D eigenvalue weighted by Gasteiger charge is -2.21. The van der Waals surface area contributed by atoms with Gasteiger partial charge in [-0.2, -0.15) is 0 Å². The number of hydrogen-bond acceptors (Lipinski definition) is 2. The number of para-hydroxylation sites is 1. The molecule has 1 aromatic heterocycles. The number of rotatable bonds is 3. The van der Waals surface area contributed by atoms with E-state index in [0.29, 0.717) is 0 Å². The van der Waals surface area contributed by atoms with Gasteiger partial charge in [0.15, 0.2) is 11.5 Å². The number of hydrogen-bond donors (Lipinski definition) is 0. The maximum absolute atomic E-state index is 6.39. The van der Waals surface area contributed by atoms with Crippen LogP contribution in [0.4, 0.5) is 0 Å². The van der Waals surface area contributed by atoms with Crippen molar-refractivity contribution in [3.63, 3.8) is 0 Å². The Labute approximate surface area is 203 Å². The van der Waals surface area contributed by atoms with Gasteiger partial charge >= 0.3 is 0 Å². The van der Waals surface area contributed by atoms with Crippen molar-refractivity contribution in [2.75, 3.05) is 0 Å². The van der Waals surface area contributed by atoms with Gasteiger partial charge in [-0.3, -0.25) is 4.57 Å². The standard InChI is InChI=1S/C32H22N2O/c1-21-33-28-13-8-14-30-32(28)34(21)29-16-15-24(20-31(29)35-30)27-18-25(22-9-4-2-5-10-22)17-26(19-27)23-11-6-3-7-12-23/h2-20H,1H3. The van der Waals surface area contributed by atoms with E-state index in [1.807, 2.05) is 25.1 Å². The lowest BCUT2D eigenvalue weighted by molar-refractivity contribution is 0.475. The first-order valence-corrected chi connectivity index (χ1v) is 11.8. The molecule has 0 saturated heterocycles. The zero-order valence-electron chi connectivity index (χ0n) is 19.3. The molecule has 0 radical (unpaired) electrons. The van der Waals surface area contributed by atoms with Gasteiger partial charge in [0.1, 0.15) is 11.3 Å². The van der Waals surface area contributed by atoms with E-state index in [0.717, 1.165) is 45.2 Å². The SMILES string of the molecule is Cc1nc2cccc3c2n1-c1ccc(-c2cc(-c4ccccc4)cc(-c4ccccc4)c2)cc1O3. The quantitative estimate of drug-likeness (QED) is 0.270. The van der Waals surface area contributed by atoms with Gasteiger partial charge < -0.3 is 4.74 Å². The highest BCUT2D eigenvalue weighted by Gasteiger charge is 2.23. The first-order valence-electron chi connectivity index (χ1n) is 11.8. The molecule has 0 amide bonds. The number of imidazole rings is 1. The number of nitrogens with zero attached hydrogens (tertiary/aromatic N) is 2. The molecule has 0 atom stereocenters. The van der Waals surface area contributed by atoms with Crippen LogP contribution in [0.15, 0.2) is 115 Å². The summed E-state index contributed by atoms with van der Waals surface area (Å²) in [6.07, 6.45) is 0. The zero-order chi connectivity index (χ0) is 23.4. The van der Waals surface area contributed by atoms with Crippen molar-refractivity contribution < 1.29 is 4.74 Å². The molecule has 0 bridgehead atoms. The summed E-state index contributed by atoms with van der Waals surface area (Å²) in [6, 6.07) is 40.4. The summed E-state index contributed by atoms with van der Waals surface area (Å²) in [6.45, 7) is 2.04. The maximum Gasteiger partial charge on any atom is 0.153 e. The number of ether oxygens (including phenoxy) is 1. The topological polar surface area (TPSA) is 27.1 Å². The van der Waals surface area contributed by atoms with Crippen LogP contribution in [0.3, 0.4) is 0 Å². The van der Waals surface area contributed by atoms with Gasteiger partial charge in [-0.05, 0) is 82.8 Å². The van der Waals surface area contributed by atoms with Crippen molar-refractivity contribution in [3.05, 3.63) is 121 Å². The lowest BCUT2D eigenvalue weighted by Crippen LogP contribution is -2.05. The average Bonchev–Trinajstić information content (AvgIpc) is 3.26. The molecular formula is C32H22N2O. The van der Waals surface area contributed by atoms with Crippen molar-refractivity contribution in [1.82, 2.24) is 9.55 Å². The molecule has 0 unspecified atom stereocenters. The molecule has 3 heteroatoms. The Morgan fingerprint density at radius 2 is 1.17 bits per heavy atom. The van der Waals surface area contributed by atoms with E-state index in [1.54, 1.807) is 0 Å². The second kappa shape index (κ2) is 7.71. The van der Waals surface area contributed by atoms with Gasteiger partial charge in [0.05, 0.1) is 11.2 Å². The van der Waals surface area contributed by atoms with Crippen molar-refractivity contribution >= 4 is 11.0 Å². The predicted octanol–water partition coefficient (Wildman–Crippen LogP) is 8.44. The number of benzene rings is 5. The monoisotopic (exact) mass is 450 g/mol. The molecule has 7 rings (SSSR count). The minimum Gasteiger partial charge on any atom is -0.453 e. The molecule has 5 aromatic carbocycles. The molecule has 1 aliphatic heterocycles. The number of fused-ring (bicyclic) bond motifs is 2. The zero-order valence-corrected chi connectivity index (χ0v) is 19.3. The summed E-state index contributed by atoms with van der Waals surface area (Å²) in [5, 5.41) is 0. The summed E-state index contributed by atoms with van der Waals surface area (Å²) in [7, 11) is 0. The average molecular weight is 451 g/mol. The molecule has 0 saturated carbocycles. The summed E-state index contributed by atoms with van der Waals surface area (Å²) in [5.74, 6) is 2.65. The van der Waals surface area contributed by atoms with Crippen LogP contribution in [0.5, 0.6) is 11.5 Å². The van der Waals surface area contributed by atoms with Crippen molar-refractivity contribution in [2.45, 2.75) is 6.92 Å². The fourth-order valence-corrected chi connectivity index (χ4v) is 5.06. The Hall–Kier alpha value is -4.63. The van der Waals surface area contributed by atoms with E-state index < -0.39 is 0 Å². The minimum atomic E-state index is 0.843. The first-order chi connectivity index (χ1) is 17.2. The molecule has 3 nitrogen and oxygen atoms in total. The van der Waals surface area contributed by atoms with E-state index in [-0.39, 0.29) is 0 Å². The number of aryl methyl sites for hydroxylation is 1. The highest BCUT2D eigenvalue weighted by Crippen LogP contribution is 2.43. The van der Waals surface area contributed by atoms with E-state index in [4.69, 9.17) is 9.72 Å². The summed E-state index contributed by atoms with van der Waals surface area (Å²) >= 11 is 0. The van der Waals surface area contributed by atoms with E-state index in [2.05, 4.69) is 102 Å². The van der Waals surface area contributed by atoms with Crippen LogP contribution in [0, 0.1) is 6.92 Å². The van der Waals surface area contributed by atoms with Gasteiger partial charge in [-0.15, -0.1) is 0 Å². The Morgan fingerprint density at radius 3 is 1.83 bits per heavy atom. The van der Waals surface area contributed by atoms with Crippen molar-refractivity contribution in [1.29, 1.82) is 0 Å². The molecule has 0 spiro atoms. The van der Waals surface area contributed by atoms with Gasteiger partial charge in [0.2, 0.25) is 0 Å². The molecule has 0 aliphatic carbocycles. The third-order valence-electron chi connectivity index (χ3n) is 6.71. The second-order valence-electron chi connectivity index (χ2n) is 8.93. The molecular weight excluding hydrogens is 428 g/mol. The van der Waals surface area contributed by atoms with Crippen LogP contribution in [-0.4, -0.2) is 9.55 Å². The maximum atomic E-state index is 6.39. The first kappa shape index (κ1) is 19.8. The van der Waals surface area contributed by atoms with Crippen LogP contribution in [-0.2, 0) is 0 Å². The Bertz CT molecular complexity index is 1660. The molecule has 6 aromatic rings. The van der Waals surface area contributed by atoms with Gasteiger partial charge in [0.25, 0.3) is 0 Å². The fraction of sp³-hybridized carbons (Fsp3) is 0.0312. The Morgan fingerprint density at radius 1 is 0.543 bits per heavy atom. The molecule has 35 heavy (non-hydrogen) atoms. The van der Waals surface area contributed by atoms with E-state index in [9.17, 15) is 0 Å². The van der Waals surface area contributed by atoms with E-state index >= 15 is 0 Å². The molecule has 0 N–H and O–H groups in total. The van der Waals surface area contributed by atoms with Crippen LogP contribution in [0.2, 0.25) is 0 Å². The number of aromatic nitrogens is 2. The van der Waals surface area contributed by atoms with Crippen LogP contribution < -0.4 is 4.74 Å². The van der Waals surface area contributed by atoms with Gasteiger partial charge in [0, 0.05) is 0 Å². The molecule has 2 heterocycles. The van der Waals surface area contributed by atoms with Crippen molar-refractivity contribution in [3.8, 4) is 50.6 Å². The highest BCUT2D eigenvalue weighted by molar-refractivity contribution is 5.88. The van der Waals surface area contributed by atoms with Gasteiger partial charge in [-0.25, -0.2) is 4.98 Å². The normalized spacial score (nSPS) is 11.8. The Kier molecular flexibility index (Phi) is 4.36. The van der Waals surface area contributed by atoms with Gasteiger partial charge in [-0.1, -0.05) is 72.8 Å². The molecule has 166 valence electrons. The summed E-state index contributed by atoms with van der Waals surface area (Å²) < 4.78 is 8.59. The third-order valence-corrected chi connectivity index (χ3v) is 6.71. The molecule has 1 aliphatic rings. The highest BCUT2D eigenvalue weighted by atomic mass is 16.5. The fourth-order valence-electron chi connectivity index (χ4n) is 5.06. The predicted molar refractivity (Wildman–Crippen MR) is 142 cm³/mol. The van der Waals surface area contributed by atoms with Crippen molar-refractivity contribution in [2.24, 2.45) is 0 Å². The Balaban J connectivity index is 1.41. The third kappa shape index (κ3) is 3.24. The van der Waals surface area contributed by atoms with E-state index in [1.165, 1.54) is 22.3 Å². The summed E-state index contributed by atoms with van der Waals surface area (Å²) in [4.78, 5) is 4.74. The lowest BCUT2D eigenvalue weighted by atomic mass is 9.93. The largest absolute Gasteiger partial charge is 0.453 e. The molecule has 0 fully saturated rings. The minimum absolute atomic E-state index is 0.843. The van der Waals surface area contributed by atoms with Crippen LogP contribution >= 0.6 is 0 Å². The van der Waals surface area contributed by atoms with Crippen LogP contribution in [0.25, 0.3) is 50.1 Å².